The second-order valence-electron chi connectivity index (χ2n) is 0.950. The Morgan fingerprint density at radius 3 is 2.83 bits per heavy atom. The normalized spacial score (nSPS) is 21.3. The largest absolute Gasteiger partial charge is 0.129 e. The topological polar surface area (TPSA) is 0 Å². The molecule has 1 rings (SSSR count). The summed E-state index contributed by atoms with van der Waals surface area (Å²) in [5.74, 6) is 5.58. The molecule has 0 aromatic carbocycles. The molecule has 0 aliphatic carbocycles. The summed E-state index contributed by atoms with van der Waals surface area (Å²) in [7, 11) is 1.37. The molecule has 6 heavy (non-hydrogen) atoms. The molecule has 0 spiro atoms. The standard InChI is InChI=1S/C4H5PS/c1-3-6-4-2-5-1/h1-3H,4H2. The van der Waals surface area contributed by atoms with E-state index in [1.165, 1.54) is 14.0 Å². The quantitative estimate of drug-likeness (QED) is 0.436. The molecule has 32 valence electrons. The molecular weight excluding hydrogens is 111 g/mol. The Morgan fingerprint density at radius 2 is 2.67 bits per heavy atom. The van der Waals surface area contributed by atoms with E-state index in [1.54, 1.807) is 0 Å². The first-order valence-corrected chi connectivity index (χ1v) is 3.86. The average Bonchev–Trinajstić information content (AvgIpc) is 1.72. The molecule has 0 fully saturated rings. The van der Waals surface area contributed by atoms with Gasteiger partial charge in [-0.25, -0.2) is 0 Å². The van der Waals surface area contributed by atoms with Crippen molar-refractivity contribution in [2.75, 3.05) is 5.75 Å². The minimum Gasteiger partial charge on any atom is -0.129 e. The number of hydrogen-bond donors (Lipinski definition) is 0. The Balaban J connectivity index is 2.46. The molecule has 0 atom stereocenters. The lowest BCUT2D eigenvalue weighted by Gasteiger charge is -1.87. The van der Waals surface area contributed by atoms with E-state index in [-0.39, 0.29) is 0 Å². The molecule has 0 amide bonds. The van der Waals surface area contributed by atoms with Crippen LogP contribution in [0.15, 0.2) is 11.2 Å². The number of hydrogen-bond acceptors (Lipinski definition) is 1. The van der Waals surface area contributed by atoms with Gasteiger partial charge in [0.25, 0.3) is 0 Å². The highest BCUT2D eigenvalue weighted by Crippen LogP contribution is 2.11. The van der Waals surface area contributed by atoms with E-state index in [9.17, 15) is 0 Å². The first-order chi connectivity index (χ1) is 3.00. The maximum absolute atomic E-state index is 2.24. The highest BCUT2D eigenvalue weighted by Gasteiger charge is 1.78. The third-order valence-electron chi connectivity index (χ3n) is 0.519. The lowest BCUT2D eigenvalue weighted by atomic mass is 11.0. The molecule has 0 nitrogen and oxygen atoms in total. The van der Waals surface area contributed by atoms with E-state index in [0.717, 1.165) is 0 Å². The molecule has 0 aromatic heterocycles. The van der Waals surface area contributed by atoms with Crippen LogP contribution in [0.1, 0.15) is 0 Å². The second-order valence-corrected chi connectivity index (χ2v) is 2.85. The molecule has 0 unspecified atom stereocenters. The predicted molar refractivity (Wildman–Crippen MR) is 34.6 cm³/mol. The SMILES string of the molecule is C1=CSCC=P1. The Bertz CT molecular complexity index is 73.5. The highest BCUT2D eigenvalue weighted by molar-refractivity contribution is 8.03. The van der Waals surface area contributed by atoms with Crippen molar-refractivity contribution in [1.29, 1.82) is 0 Å². The lowest BCUT2D eigenvalue weighted by Crippen LogP contribution is -1.72. The maximum atomic E-state index is 2.24. The van der Waals surface area contributed by atoms with E-state index in [4.69, 9.17) is 0 Å². The third-order valence-corrected chi connectivity index (χ3v) is 2.37. The van der Waals surface area contributed by atoms with Crippen LogP contribution in [0.3, 0.4) is 0 Å². The van der Waals surface area contributed by atoms with E-state index in [1.807, 2.05) is 11.8 Å². The van der Waals surface area contributed by atoms with Gasteiger partial charge in [-0.2, -0.15) is 0 Å². The van der Waals surface area contributed by atoms with Crippen LogP contribution in [0.2, 0.25) is 0 Å². The van der Waals surface area contributed by atoms with Crippen LogP contribution in [0.25, 0.3) is 0 Å². The highest BCUT2D eigenvalue weighted by atomic mass is 32.2. The van der Waals surface area contributed by atoms with Crippen LogP contribution in [-0.2, 0) is 0 Å². The number of thioether (sulfide) groups is 1. The van der Waals surface area contributed by atoms with Gasteiger partial charge in [-0.15, -0.1) is 11.8 Å². The second kappa shape index (κ2) is 2.44. The predicted octanol–water partition coefficient (Wildman–Crippen LogP) is 1.95. The average molecular weight is 116 g/mol. The summed E-state index contributed by atoms with van der Waals surface area (Å²) < 4.78 is 0. The molecule has 0 bridgehead atoms. The minimum absolute atomic E-state index is 1.19. The summed E-state index contributed by atoms with van der Waals surface area (Å²) in [6.07, 6.45) is 0. The molecule has 0 N–H and O–H groups in total. The van der Waals surface area contributed by atoms with Gasteiger partial charge in [0.15, 0.2) is 0 Å². The zero-order chi connectivity index (χ0) is 4.24. The molecule has 0 saturated carbocycles. The fraction of sp³-hybridized carbons (Fsp3) is 0.250. The van der Waals surface area contributed by atoms with Crippen molar-refractivity contribution in [2.24, 2.45) is 0 Å². The number of rotatable bonds is 0. The third kappa shape index (κ3) is 1.16. The fourth-order valence-electron chi connectivity index (χ4n) is 0.281. The Morgan fingerprint density at radius 1 is 1.67 bits per heavy atom. The molecule has 0 radical (unpaired) electrons. The van der Waals surface area contributed by atoms with Gasteiger partial charge in [0, 0.05) is 5.75 Å². The molecular formula is C4H5PS. The summed E-state index contributed by atoms with van der Waals surface area (Å²) in [4.78, 5) is 0. The molecule has 2 heteroatoms. The van der Waals surface area contributed by atoms with Gasteiger partial charge in [-0.3, -0.25) is 0 Å². The van der Waals surface area contributed by atoms with Gasteiger partial charge in [-0.1, -0.05) is 8.20 Å². The van der Waals surface area contributed by atoms with Crippen LogP contribution in [0, 0.1) is 0 Å². The summed E-state index contributed by atoms with van der Waals surface area (Å²) >= 11 is 1.85. The van der Waals surface area contributed by atoms with Gasteiger partial charge in [0.05, 0.1) is 0 Å². The molecule has 0 saturated heterocycles. The molecule has 1 aliphatic rings. The van der Waals surface area contributed by atoms with Crippen molar-refractivity contribution in [2.45, 2.75) is 0 Å². The summed E-state index contributed by atoms with van der Waals surface area (Å²) in [6, 6.07) is 0. The Hall–Kier alpha value is 0.260. The monoisotopic (exact) mass is 116 g/mol. The summed E-state index contributed by atoms with van der Waals surface area (Å²) in [5, 5.41) is 2.14. The van der Waals surface area contributed by atoms with Crippen molar-refractivity contribution in [3.63, 3.8) is 0 Å². The van der Waals surface area contributed by atoms with Crippen molar-refractivity contribution in [3.05, 3.63) is 11.2 Å². The smallest absolute Gasteiger partial charge is 0.0201 e. The van der Waals surface area contributed by atoms with E-state index >= 15 is 0 Å². The first kappa shape index (κ1) is 4.42. The summed E-state index contributed by atoms with van der Waals surface area (Å²) in [6.45, 7) is 0. The molecule has 1 heterocycles. The van der Waals surface area contributed by atoms with Crippen LogP contribution in [-0.4, -0.2) is 11.5 Å². The van der Waals surface area contributed by atoms with E-state index in [2.05, 4.69) is 17.0 Å². The fourth-order valence-corrected chi connectivity index (χ4v) is 1.83. The first-order valence-electron chi connectivity index (χ1n) is 1.78. The molecule has 0 aromatic rings. The van der Waals surface area contributed by atoms with Crippen LogP contribution in [0.4, 0.5) is 0 Å². The summed E-state index contributed by atoms with van der Waals surface area (Å²) in [5.41, 5.74) is 0. The van der Waals surface area contributed by atoms with Crippen LogP contribution >= 0.6 is 20.0 Å². The molecule has 1 aliphatic heterocycles. The minimum atomic E-state index is 1.19. The van der Waals surface area contributed by atoms with E-state index < -0.39 is 0 Å². The van der Waals surface area contributed by atoms with Gasteiger partial charge in [0.2, 0.25) is 0 Å². The van der Waals surface area contributed by atoms with E-state index in [0.29, 0.717) is 0 Å². The van der Waals surface area contributed by atoms with Gasteiger partial charge in [0.1, 0.15) is 0 Å². The van der Waals surface area contributed by atoms with Gasteiger partial charge in [-0.05, 0) is 17.0 Å². The van der Waals surface area contributed by atoms with Crippen molar-refractivity contribution >= 4 is 25.8 Å². The Labute approximate surface area is 43.4 Å². The Kier molecular flexibility index (Phi) is 1.79. The van der Waals surface area contributed by atoms with Gasteiger partial charge < -0.3 is 0 Å². The zero-order valence-electron chi connectivity index (χ0n) is 3.29. The van der Waals surface area contributed by atoms with Gasteiger partial charge >= 0.3 is 0 Å². The van der Waals surface area contributed by atoms with Crippen LogP contribution < -0.4 is 0 Å². The van der Waals surface area contributed by atoms with Crippen molar-refractivity contribution in [3.8, 4) is 0 Å². The van der Waals surface area contributed by atoms with Crippen molar-refractivity contribution in [1.82, 2.24) is 0 Å². The van der Waals surface area contributed by atoms with Crippen molar-refractivity contribution < 1.29 is 0 Å². The lowest BCUT2D eigenvalue weighted by molar-refractivity contribution is 2.14. The maximum Gasteiger partial charge on any atom is 0.0201 e. The zero-order valence-corrected chi connectivity index (χ0v) is 5.01. The van der Waals surface area contributed by atoms with Crippen LogP contribution in [0.5, 0.6) is 0 Å².